The molecule has 3 N–H and O–H groups in total. The first-order valence-corrected chi connectivity index (χ1v) is 14.7. The highest BCUT2D eigenvalue weighted by molar-refractivity contribution is 7.90. The molecule has 10 nitrogen and oxygen atoms in total. The molecule has 1 heterocycles. The number of hydrogen-bond donors (Lipinski definition) is 3. The molecule has 0 bridgehead atoms. The summed E-state index contributed by atoms with van der Waals surface area (Å²) in [7, 11) is -3.49. The van der Waals surface area contributed by atoms with E-state index in [1.807, 2.05) is 43.3 Å². The van der Waals surface area contributed by atoms with Gasteiger partial charge < -0.3 is 34.3 Å². The van der Waals surface area contributed by atoms with E-state index >= 15 is 0 Å². The number of carbonyl (C=O) groups is 1. The van der Waals surface area contributed by atoms with Gasteiger partial charge in [-0.2, -0.15) is 0 Å². The van der Waals surface area contributed by atoms with Crippen LogP contribution < -0.4 is 4.74 Å². The molecular weight excluding hydrogens is 552 g/mol. The van der Waals surface area contributed by atoms with Crippen LogP contribution in [-0.4, -0.2) is 67.0 Å². The average molecular weight is 587 g/mol. The zero-order chi connectivity index (χ0) is 29.6. The standard InChI is InChI=1S/C30H34O10S/c1-19-12-23(18-41(35,36)25-6-4-3-5-7-25)14-24(13-19)38-15-21-8-10-22(11-9-21)16-39-30-29(34)28(33)27(32)26(40-30)17-37-20(2)31/h3-14,26-30,32-34H,15-18H2,1-2H3/t26-,27-,28+,29-,30-/m1/s1. The van der Waals surface area contributed by atoms with E-state index in [-0.39, 0.29) is 30.5 Å². The SMILES string of the molecule is CC(=O)OC[C@H]1O[C@@H](OCc2ccc(COc3cc(C)cc(CS(=O)(=O)c4ccccc4)c3)cc2)[C@H](O)[C@@H](O)[C@@H]1O. The van der Waals surface area contributed by atoms with Crippen molar-refractivity contribution >= 4 is 15.8 Å². The fourth-order valence-electron chi connectivity index (χ4n) is 4.39. The monoisotopic (exact) mass is 586 g/mol. The lowest BCUT2D eigenvalue weighted by Crippen LogP contribution is -2.59. The minimum absolute atomic E-state index is 0.0447. The minimum Gasteiger partial charge on any atom is -0.489 e. The Kier molecular flexibility index (Phi) is 10.1. The molecule has 0 saturated carbocycles. The highest BCUT2D eigenvalue weighted by Gasteiger charge is 2.44. The molecule has 0 radical (unpaired) electrons. The van der Waals surface area contributed by atoms with Crippen LogP contribution in [0.3, 0.4) is 0 Å². The van der Waals surface area contributed by atoms with Gasteiger partial charge in [-0.05, 0) is 53.4 Å². The Morgan fingerprint density at radius 3 is 2.17 bits per heavy atom. The average Bonchev–Trinajstić information content (AvgIpc) is 2.94. The van der Waals surface area contributed by atoms with Crippen LogP contribution in [0.2, 0.25) is 0 Å². The summed E-state index contributed by atoms with van der Waals surface area (Å²) in [5.41, 5.74) is 3.14. The van der Waals surface area contributed by atoms with Gasteiger partial charge in [-0.15, -0.1) is 0 Å². The van der Waals surface area contributed by atoms with Gasteiger partial charge in [0.1, 0.15) is 43.4 Å². The molecule has 1 fully saturated rings. The maximum atomic E-state index is 12.8. The van der Waals surface area contributed by atoms with E-state index in [0.717, 1.165) is 16.7 Å². The molecule has 11 heteroatoms. The van der Waals surface area contributed by atoms with E-state index in [1.54, 1.807) is 36.4 Å². The lowest BCUT2D eigenvalue weighted by molar-refractivity contribution is -0.304. The van der Waals surface area contributed by atoms with Gasteiger partial charge in [-0.25, -0.2) is 8.42 Å². The Bertz CT molecular complexity index is 1410. The molecule has 3 aromatic rings. The lowest BCUT2D eigenvalue weighted by Gasteiger charge is -2.39. The summed E-state index contributed by atoms with van der Waals surface area (Å²) in [6.07, 6.45) is -6.76. The largest absolute Gasteiger partial charge is 0.489 e. The number of benzene rings is 3. The first-order valence-electron chi connectivity index (χ1n) is 13.1. The summed E-state index contributed by atoms with van der Waals surface area (Å²) in [5, 5.41) is 30.5. The van der Waals surface area contributed by atoms with Crippen molar-refractivity contribution in [2.45, 2.75) is 68.4 Å². The summed E-state index contributed by atoms with van der Waals surface area (Å²) < 4.78 is 47.6. The normalized spacial score (nSPS) is 22.7. The molecule has 1 aliphatic heterocycles. The van der Waals surface area contributed by atoms with Crippen molar-refractivity contribution in [2.24, 2.45) is 0 Å². The fourth-order valence-corrected chi connectivity index (χ4v) is 5.73. The Morgan fingerprint density at radius 2 is 1.51 bits per heavy atom. The maximum absolute atomic E-state index is 12.8. The Hall–Kier alpha value is -3.32. The number of ether oxygens (including phenoxy) is 4. The van der Waals surface area contributed by atoms with Gasteiger partial charge in [0.2, 0.25) is 0 Å². The van der Waals surface area contributed by atoms with Crippen molar-refractivity contribution in [3.05, 3.63) is 95.1 Å². The molecule has 220 valence electrons. The summed E-state index contributed by atoms with van der Waals surface area (Å²) in [6, 6.07) is 21.0. The van der Waals surface area contributed by atoms with E-state index in [1.165, 1.54) is 6.92 Å². The molecule has 4 rings (SSSR count). The first kappa shape index (κ1) is 30.6. The van der Waals surface area contributed by atoms with Crippen LogP contribution in [0.25, 0.3) is 0 Å². The first-order chi connectivity index (χ1) is 19.5. The molecule has 0 spiro atoms. The fraction of sp³-hybridized carbons (Fsp3) is 0.367. The Morgan fingerprint density at radius 1 is 0.854 bits per heavy atom. The van der Waals surface area contributed by atoms with Crippen molar-refractivity contribution in [2.75, 3.05) is 6.61 Å². The second kappa shape index (κ2) is 13.6. The zero-order valence-electron chi connectivity index (χ0n) is 22.8. The molecule has 41 heavy (non-hydrogen) atoms. The molecule has 0 aliphatic carbocycles. The quantitative estimate of drug-likeness (QED) is 0.286. The third-order valence-electron chi connectivity index (χ3n) is 6.53. The third-order valence-corrected chi connectivity index (χ3v) is 8.24. The van der Waals surface area contributed by atoms with Gasteiger partial charge in [0.15, 0.2) is 16.1 Å². The van der Waals surface area contributed by atoms with Crippen molar-refractivity contribution in [3.8, 4) is 5.75 Å². The zero-order valence-corrected chi connectivity index (χ0v) is 23.6. The van der Waals surface area contributed by atoms with E-state index < -0.39 is 46.5 Å². The highest BCUT2D eigenvalue weighted by atomic mass is 32.2. The van der Waals surface area contributed by atoms with Crippen LogP contribution in [0, 0.1) is 6.92 Å². The topological polar surface area (TPSA) is 149 Å². The smallest absolute Gasteiger partial charge is 0.302 e. The number of esters is 1. The maximum Gasteiger partial charge on any atom is 0.302 e. The number of aryl methyl sites for hydroxylation is 1. The van der Waals surface area contributed by atoms with Gasteiger partial charge in [0.25, 0.3) is 0 Å². The number of sulfone groups is 1. The summed E-state index contributed by atoms with van der Waals surface area (Å²) >= 11 is 0. The number of aliphatic hydroxyl groups is 3. The second-order valence-electron chi connectivity index (χ2n) is 9.96. The molecule has 1 aliphatic rings. The van der Waals surface area contributed by atoms with E-state index in [9.17, 15) is 28.5 Å². The van der Waals surface area contributed by atoms with Crippen LogP contribution in [0.15, 0.2) is 77.7 Å². The van der Waals surface area contributed by atoms with Crippen molar-refractivity contribution in [1.82, 2.24) is 0 Å². The molecular formula is C30H34O10S. The molecule has 3 aromatic carbocycles. The second-order valence-corrected chi connectivity index (χ2v) is 11.9. The summed E-state index contributed by atoms with van der Waals surface area (Å²) in [4.78, 5) is 11.4. The van der Waals surface area contributed by atoms with E-state index in [0.29, 0.717) is 11.3 Å². The number of hydrogen-bond acceptors (Lipinski definition) is 10. The predicted molar refractivity (Wildman–Crippen MR) is 147 cm³/mol. The Labute approximate surface area is 239 Å². The van der Waals surface area contributed by atoms with Crippen LogP contribution in [0.1, 0.15) is 29.2 Å². The van der Waals surface area contributed by atoms with Gasteiger partial charge in [0, 0.05) is 6.92 Å². The van der Waals surface area contributed by atoms with Gasteiger partial charge in [-0.1, -0.05) is 48.5 Å². The van der Waals surface area contributed by atoms with Crippen LogP contribution >= 0.6 is 0 Å². The third kappa shape index (κ3) is 8.35. The van der Waals surface area contributed by atoms with E-state index in [2.05, 4.69) is 0 Å². The Balaban J connectivity index is 1.32. The number of aliphatic hydroxyl groups excluding tert-OH is 3. The molecule has 0 unspecified atom stereocenters. The van der Waals surface area contributed by atoms with Crippen molar-refractivity contribution in [1.29, 1.82) is 0 Å². The molecule has 0 amide bonds. The van der Waals surface area contributed by atoms with Gasteiger partial charge >= 0.3 is 5.97 Å². The summed E-state index contributed by atoms with van der Waals surface area (Å²) in [5.74, 6) is -0.145. The van der Waals surface area contributed by atoms with Crippen LogP contribution in [0.5, 0.6) is 5.75 Å². The molecule has 1 saturated heterocycles. The highest BCUT2D eigenvalue weighted by Crippen LogP contribution is 2.25. The summed E-state index contributed by atoms with van der Waals surface area (Å²) in [6.45, 7) is 3.09. The van der Waals surface area contributed by atoms with Crippen LogP contribution in [-0.2, 0) is 47.8 Å². The van der Waals surface area contributed by atoms with Gasteiger partial charge in [-0.3, -0.25) is 4.79 Å². The van der Waals surface area contributed by atoms with Gasteiger partial charge in [0.05, 0.1) is 17.3 Å². The predicted octanol–water partition coefficient (Wildman–Crippen LogP) is 2.44. The van der Waals surface area contributed by atoms with E-state index in [4.69, 9.17) is 18.9 Å². The van der Waals surface area contributed by atoms with Crippen LogP contribution in [0.4, 0.5) is 0 Å². The number of rotatable bonds is 11. The number of carbonyl (C=O) groups excluding carboxylic acids is 1. The molecule has 0 aromatic heterocycles. The molecule has 5 atom stereocenters. The lowest BCUT2D eigenvalue weighted by atomic mass is 9.99. The van der Waals surface area contributed by atoms with Crippen molar-refractivity contribution < 1.29 is 47.5 Å². The van der Waals surface area contributed by atoms with Crippen molar-refractivity contribution in [3.63, 3.8) is 0 Å². The minimum atomic E-state index is -3.49.